The lowest BCUT2D eigenvalue weighted by molar-refractivity contribution is 1.51. The summed E-state index contributed by atoms with van der Waals surface area (Å²) in [4.78, 5) is 0. The van der Waals surface area contributed by atoms with E-state index in [1.807, 2.05) is 0 Å². The normalized spacial score (nSPS) is 13.2. The van der Waals surface area contributed by atoms with E-state index in [1.165, 1.54) is 173 Å². The molecule has 0 bridgehead atoms. The lowest BCUT2D eigenvalue weighted by Crippen LogP contribution is -1.90. The Hall–Kier alpha value is -7.02. The van der Waals surface area contributed by atoms with Crippen molar-refractivity contribution in [1.82, 2.24) is 0 Å². The van der Waals surface area contributed by atoms with Gasteiger partial charge in [-0.2, -0.15) is 0 Å². The maximum absolute atomic E-state index is 2.61. The number of hydrogen-bond acceptors (Lipinski definition) is 0. The molecule has 0 N–H and O–H groups in total. The van der Waals surface area contributed by atoms with Crippen LogP contribution in [0.3, 0.4) is 0 Å². The Balaban J connectivity index is 1.19. The molecule has 15 aromatic carbocycles. The van der Waals surface area contributed by atoms with Gasteiger partial charge in [0, 0.05) is 0 Å². The Morgan fingerprint density at radius 3 is 1.66 bits per heavy atom. The van der Waals surface area contributed by atoms with Crippen LogP contribution in [0.5, 0.6) is 0 Å². The maximum atomic E-state index is 2.61. The summed E-state index contributed by atoms with van der Waals surface area (Å²) in [6.07, 6.45) is 0. The molecule has 0 saturated heterocycles. The molecular weight excluding hydrogens is 697 g/mol. The van der Waals surface area contributed by atoms with Gasteiger partial charge in [0.2, 0.25) is 0 Å². The molecule has 0 nitrogen and oxygen atoms in total. The number of aryl methyl sites for hydroxylation is 4. The Bertz CT molecular complexity index is 4390. The van der Waals surface area contributed by atoms with Crippen LogP contribution < -0.4 is 0 Å². The van der Waals surface area contributed by atoms with Gasteiger partial charge in [-0.05, 0) is 220 Å². The first-order valence-electron chi connectivity index (χ1n) is 20.7. The minimum absolute atomic E-state index is 1.30. The summed E-state index contributed by atoms with van der Waals surface area (Å²) in [7, 11) is 0. The van der Waals surface area contributed by atoms with Gasteiger partial charge in [-0.25, -0.2) is 0 Å². The largest absolute Gasteiger partial charge is 0.0610 e. The van der Waals surface area contributed by atoms with E-state index in [9.17, 15) is 0 Å². The molecule has 266 valence electrons. The van der Waals surface area contributed by atoms with E-state index in [0.717, 1.165) is 0 Å². The van der Waals surface area contributed by atoms with Crippen molar-refractivity contribution in [1.29, 1.82) is 0 Å². The summed E-state index contributed by atoms with van der Waals surface area (Å²) < 4.78 is 0. The summed E-state index contributed by atoms with van der Waals surface area (Å²) in [5.74, 6) is 0. The highest BCUT2D eigenvalue weighted by Gasteiger charge is 2.26. The highest BCUT2D eigenvalue weighted by atomic mass is 14.3. The monoisotopic (exact) mass is 730 g/mol. The summed E-state index contributed by atoms with van der Waals surface area (Å²) >= 11 is 0. The van der Waals surface area contributed by atoms with Crippen molar-refractivity contribution in [3.05, 3.63) is 156 Å². The molecule has 15 rings (SSSR count). The van der Waals surface area contributed by atoms with E-state index >= 15 is 0 Å². The van der Waals surface area contributed by atoms with Crippen LogP contribution in [0.15, 0.2) is 133 Å². The second-order valence-electron chi connectivity index (χ2n) is 17.8. The quantitative estimate of drug-likeness (QED) is 0.108. The van der Waals surface area contributed by atoms with E-state index < -0.39 is 0 Å². The molecule has 0 radical (unpaired) electrons. The fraction of sp³-hybridized carbons (Fsp3) is 0.0690. The van der Waals surface area contributed by atoms with Crippen LogP contribution in [0.25, 0.3) is 151 Å². The van der Waals surface area contributed by atoms with Gasteiger partial charge in [-0.1, -0.05) is 114 Å². The van der Waals surface area contributed by atoms with Crippen LogP contribution in [-0.4, -0.2) is 0 Å². The van der Waals surface area contributed by atoms with E-state index in [-0.39, 0.29) is 0 Å². The molecule has 0 unspecified atom stereocenters. The van der Waals surface area contributed by atoms with Crippen molar-refractivity contribution in [2.45, 2.75) is 27.7 Å². The van der Waals surface area contributed by atoms with Crippen molar-refractivity contribution in [2.75, 3.05) is 0 Å². The molecular formula is C58H34. The van der Waals surface area contributed by atoms with Gasteiger partial charge in [0.25, 0.3) is 0 Å². The Morgan fingerprint density at radius 2 is 0.759 bits per heavy atom. The third-order valence-electron chi connectivity index (χ3n) is 14.6. The SMILES string of the molecule is Cc1ccc2c(ccc3c2cc2c4c3cccc4c3cc4cc(C)c5cc(C)c6c7c(cc8ccc9cc%10ccc(C)cc%10c%10ccc7c8c9%10)c7cc(c32)c4c5c76)c1. The highest BCUT2D eigenvalue weighted by molar-refractivity contribution is 6.49. The van der Waals surface area contributed by atoms with Gasteiger partial charge in [-0.15, -0.1) is 0 Å². The van der Waals surface area contributed by atoms with Crippen molar-refractivity contribution in [3.8, 4) is 0 Å². The first-order valence-corrected chi connectivity index (χ1v) is 20.7. The highest BCUT2D eigenvalue weighted by Crippen LogP contribution is 2.54. The molecule has 58 heavy (non-hydrogen) atoms. The molecule has 0 aliphatic heterocycles. The van der Waals surface area contributed by atoms with E-state index in [4.69, 9.17) is 0 Å². The van der Waals surface area contributed by atoms with Gasteiger partial charge in [0.1, 0.15) is 0 Å². The van der Waals surface area contributed by atoms with Gasteiger partial charge in [0.15, 0.2) is 0 Å². The van der Waals surface area contributed by atoms with E-state index in [2.05, 4.69) is 161 Å². The molecule has 0 spiro atoms. The Labute approximate surface area is 332 Å². The molecule has 0 aliphatic carbocycles. The molecule has 0 aromatic heterocycles. The van der Waals surface area contributed by atoms with E-state index in [0.29, 0.717) is 0 Å². The summed E-state index contributed by atoms with van der Waals surface area (Å²) in [6, 6.07) is 52.7. The molecule has 0 saturated carbocycles. The van der Waals surface area contributed by atoms with E-state index in [1.54, 1.807) is 0 Å². The third-order valence-corrected chi connectivity index (χ3v) is 14.6. The zero-order chi connectivity index (χ0) is 38.0. The van der Waals surface area contributed by atoms with Crippen LogP contribution in [0.1, 0.15) is 22.3 Å². The molecule has 0 amide bonds. The Morgan fingerprint density at radius 1 is 0.207 bits per heavy atom. The topological polar surface area (TPSA) is 0 Å². The second kappa shape index (κ2) is 9.74. The fourth-order valence-corrected chi connectivity index (χ4v) is 12.3. The van der Waals surface area contributed by atoms with Gasteiger partial charge in [-0.3, -0.25) is 0 Å². The number of hydrogen-bond donors (Lipinski definition) is 0. The fourth-order valence-electron chi connectivity index (χ4n) is 12.3. The second-order valence-corrected chi connectivity index (χ2v) is 17.8. The van der Waals surface area contributed by atoms with Crippen LogP contribution in [0.4, 0.5) is 0 Å². The standard InChI is InChI=1S/C58H34/c1-27-9-14-36-31(18-27)13-15-37-38-6-5-7-39-45-24-35-20-29(3)42-21-30(4)50-56-41-17-16-40-43-19-28(2)8-10-32(43)22-33-11-12-34(52(41)51(33)40)23-46(56)47-26-48(53(35)57(42)58(47)50)55(45)49(54(38)39)25-44(36)37/h5-26H,1-4H3. The van der Waals surface area contributed by atoms with Crippen LogP contribution in [0, 0.1) is 27.7 Å². The van der Waals surface area contributed by atoms with Crippen molar-refractivity contribution < 1.29 is 0 Å². The average molecular weight is 731 g/mol. The van der Waals surface area contributed by atoms with Crippen molar-refractivity contribution in [3.63, 3.8) is 0 Å². The zero-order valence-corrected chi connectivity index (χ0v) is 32.7. The smallest absolute Gasteiger partial charge is 0.00107 e. The Kier molecular flexibility index (Phi) is 5.06. The molecule has 0 atom stereocenters. The van der Waals surface area contributed by atoms with Gasteiger partial charge < -0.3 is 0 Å². The minimum Gasteiger partial charge on any atom is -0.0610 e. The van der Waals surface area contributed by atoms with Crippen LogP contribution in [-0.2, 0) is 0 Å². The van der Waals surface area contributed by atoms with Gasteiger partial charge >= 0.3 is 0 Å². The predicted octanol–water partition coefficient (Wildman–Crippen LogP) is 16.8. The van der Waals surface area contributed by atoms with Crippen LogP contribution in [0.2, 0.25) is 0 Å². The molecule has 0 heteroatoms. The summed E-state index contributed by atoms with van der Waals surface area (Å²) in [5.41, 5.74) is 5.31. The maximum Gasteiger partial charge on any atom is -0.00107 e. The average Bonchev–Trinajstić information content (AvgIpc) is 3.74. The molecule has 0 heterocycles. The minimum atomic E-state index is 1.30. The number of benzene rings is 13. The van der Waals surface area contributed by atoms with Gasteiger partial charge in [0.05, 0.1) is 0 Å². The molecule has 0 aliphatic rings. The summed E-state index contributed by atoms with van der Waals surface area (Å²) in [6.45, 7) is 9.07. The van der Waals surface area contributed by atoms with Crippen molar-refractivity contribution >= 4 is 151 Å². The van der Waals surface area contributed by atoms with Crippen molar-refractivity contribution in [2.24, 2.45) is 0 Å². The lowest BCUT2D eigenvalue weighted by atomic mass is 9.86. The zero-order valence-electron chi connectivity index (χ0n) is 32.7. The summed E-state index contributed by atoms with van der Waals surface area (Å²) in [5, 5.41) is 38.3. The van der Waals surface area contributed by atoms with Crippen LogP contribution >= 0.6 is 0 Å². The number of rotatable bonds is 0. The third kappa shape index (κ3) is 3.33. The first kappa shape index (κ1) is 30.2. The predicted molar refractivity (Wildman–Crippen MR) is 255 cm³/mol. The molecule has 15 aromatic rings. The lowest BCUT2D eigenvalue weighted by Gasteiger charge is -2.16. The first-order chi connectivity index (χ1) is 28.4. The molecule has 0 fully saturated rings. The number of fused-ring (bicyclic) bond motifs is 14.